The first-order valence-corrected chi connectivity index (χ1v) is 11.7. The minimum absolute atomic E-state index is 0.0862. The number of hydrogen-bond donors (Lipinski definition) is 1. The third-order valence-corrected chi connectivity index (χ3v) is 7.22. The van der Waals surface area contributed by atoms with Gasteiger partial charge in [-0.3, -0.25) is 18.8 Å². The van der Waals surface area contributed by atoms with E-state index in [1.54, 1.807) is 15.8 Å². The lowest BCUT2D eigenvalue weighted by Gasteiger charge is -2.35. The lowest BCUT2D eigenvalue weighted by atomic mass is 10.2. The largest absolute Gasteiger partial charge is 0.374 e. The molecule has 30 heavy (non-hydrogen) atoms. The molecule has 2 heterocycles. The number of nitrogens with zero attached hydrogens (tertiary/aromatic N) is 3. The van der Waals surface area contributed by atoms with Crippen LogP contribution in [0.3, 0.4) is 0 Å². The Labute approximate surface area is 193 Å². The molecule has 1 atom stereocenters. The first-order chi connectivity index (χ1) is 14.3. The number of hydrogen-bond acceptors (Lipinski definition) is 7. The van der Waals surface area contributed by atoms with E-state index in [-0.39, 0.29) is 18.4 Å². The van der Waals surface area contributed by atoms with E-state index < -0.39 is 5.91 Å². The number of aromatic nitrogens is 1. The predicted molar refractivity (Wildman–Crippen MR) is 120 cm³/mol. The average Bonchev–Trinajstić information content (AvgIpc) is 3.10. The summed E-state index contributed by atoms with van der Waals surface area (Å²) in [4.78, 5) is 29.8. The molecule has 1 aliphatic heterocycles. The standard InChI is InChI=1S/C19H22Cl2N4O3S2/c1-12(26)25(30-19-23-14(11-29-19)7-18(22)27)10-15-9-24(4-5-28-15)8-13-2-3-16(20)17(21)6-13/h2-3,6,11,15H,4-5,7-10H2,1H3,(H2,22,27)/t15-/m0/s1. The van der Waals surface area contributed by atoms with Crippen molar-refractivity contribution in [1.82, 2.24) is 14.2 Å². The van der Waals surface area contributed by atoms with Crippen molar-refractivity contribution < 1.29 is 14.3 Å². The Morgan fingerprint density at radius 1 is 1.40 bits per heavy atom. The van der Waals surface area contributed by atoms with E-state index in [9.17, 15) is 9.59 Å². The van der Waals surface area contributed by atoms with Crippen LogP contribution in [0.2, 0.25) is 10.0 Å². The summed E-state index contributed by atoms with van der Waals surface area (Å²) >= 11 is 14.7. The van der Waals surface area contributed by atoms with Crippen molar-refractivity contribution in [3.63, 3.8) is 0 Å². The zero-order valence-electron chi connectivity index (χ0n) is 16.3. The topological polar surface area (TPSA) is 88.8 Å². The van der Waals surface area contributed by atoms with E-state index in [0.717, 1.165) is 18.7 Å². The number of morpholine rings is 1. The van der Waals surface area contributed by atoms with Crippen molar-refractivity contribution in [2.45, 2.75) is 30.3 Å². The minimum Gasteiger partial charge on any atom is -0.374 e. The number of halogens is 2. The molecule has 162 valence electrons. The Bertz CT molecular complexity index is 912. The van der Waals surface area contributed by atoms with Gasteiger partial charge in [-0.25, -0.2) is 4.98 Å². The van der Waals surface area contributed by atoms with Crippen LogP contribution in [0.1, 0.15) is 18.2 Å². The summed E-state index contributed by atoms with van der Waals surface area (Å²) in [5.41, 5.74) is 6.90. The second kappa shape index (κ2) is 10.8. The van der Waals surface area contributed by atoms with E-state index in [4.69, 9.17) is 33.7 Å². The molecule has 0 aliphatic carbocycles. The first kappa shape index (κ1) is 23.3. The predicted octanol–water partition coefficient (Wildman–Crippen LogP) is 3.23. The fraction of sp³-hybridized carbons (Fsp3) is 0.421. The summed E-state index contributed by atoms with van der Waals surface area (Å²) in [5, 5.41) is 2.86. The second-order valence-corrected chi connectivity index (χ2v) is 9.84. The molecule has 1 aliphatic rings. The van der Waals surface area contributed by atoms with Gasteiger partial charge in [0.2, 0.25) is 11.8 Å². The van der Waals surface area contributed by atoms with E-state index in [1.165, 1.54) is 30.2 Å². The van der Waals surface area contributed by atoms with E-state index in [2.05, 4.69) is 9.88 Å². The molecule has 2 amide bonds. The number of amides is 2. The molecule has 2 N–H and O–H groups in total. The monoisotopic (exact) mass is 488 g/mol. The van der Waals surface area contributed by atoms with Gasteiger partial charge in [-0.2, -0.15) is 0 Å². The van der Waals surface area contributed by atoms with Gasteiger partial charge < -0.3 is 10.5 Å². The summed E-state index contributed by atoms with van der Waals surface area (Å²) in [7, 11) is 0. The quantitative estimate of drug-likeness (QED) is 0.573. The Morgan fingerprint density at radius 3 is 2.90 bits per heavy atom. The van der Waals surface area contributed by atoms with Crippen LogP contribution >= 0.6 is 46.5 Å². The van der Waals surface area contributed by atoms with E-state index in [0.29, 0.717) is 39.8 Å². The van der Waals surface area contributed by atoms with E-state index >= 15 is 0 Å². The number of thiazole rings is 1. The van der Waals surface area contributed by atoms with Gasteiger partial charge in [0, 0.05) is 43.9 Å². The van der Waals surface area contributed by atoms with Crippen LogP contribution in [0.15, 0.2) is 27.9 Å². The van der Waals surface area contributed by atoms with Crippen molar-refractivity contribution in [2.75, 3.05) is 26.2 Å². The van der Waals surface area contributed by atoms with Crippen molar-refractivity contribution >= 4 is 58.3 Å². The maximum atomic E-state index is 12.2. The summed E-state index contributed by atoms with van der Waals surface area (Å²) < 4.78 is 8.21. The fourth-order valence-electron chi connectivity index (χ4n) is 3.03. The highest BCUT2D eigenvalue weighted by molar-refractivity contribution is 7.99. The molecule has 0 saturated carbocycles. The molecule has 2 aromatic rings. The molecule has 0 unspecified atom stereocenters. The molecule has 0 spiro atoms. The molecule has 7 nitrogen and oxygen atoms in total. The van der Waals surface area contributed by atoms with Crippen molar-refractivity contribution in [3.8, 4) is 0 Å². The molecule has 1 aromatic carbocycles. The first-order valence-electron chi connectivity index (χ1n) is 9.27. The highest BCUT2D eigenvalue weighted by Gasteiger charge is 2.25. The van der Waals surface area contributed by atoms with Gasteiger partial charge in [-0.15, -0.1) is 11.3 Å². The third kappa shape index (κ3) is 6.83. The number of nitrogens with two attached hydrogens (primary N) is 1. The lowest BCUT2D eigenvalue weighted by molar-refractivity contribution is -0.126. The van der Waals surface area contributed by atoms with Gasteiger partial charge in [-0.05, 0) is 17.7 Å². The van der Waals surface area contributed by atoms with Crippen LogP contribution in [0.5, 0.6) is 0 Å². The Morgan fingerprint density at radius 2 is 2.20 bits per heavy atom. The van der Waals surface area contributed by atoms with Gasteiger partial charge in [0.1, 0.15) is 0 Å². The van der Waals surface area contributed by atoms with Crippen LogP contribution in [-0.4, -0.2) is 58.3 Å². The van der Waals surface area contributed by atoms with E-state index in [1.807, 2.05) is 12.1 Å². The number of rotatable bonds is 8. The summed E-state index contributed by atoms with van der Waals surface area (Å²) in [6.45, 7) is 4.75. The van der Waals surface area contributed by atoms with Gasteiger partial charge in [0.05, 0.1) is 41.4 Å². The van der Waals surface area contributed by atoms with Crippen molar-refractivity contribution in [2.24, 2.45) is 5.73 Å². The van der Waals surface area contributed by atoms with Crippen molar-refractivity contribution in [1.29, 1.82) is 0 Å². The fourth-order valence-corrected chi connectivity index (χ4v) is 5.20. The normalized spacial score (nSPS) is 17.1. The van der Waals surface area contributed by atoms with Gasteiger partial charge in [0.15, 0.2) is 4.34 Å². The molecule has 1 aromatic heterocycles. The zero-order valence-corrected chi connectivity index (χ0v) is 19.5. The summed E-state index contributed by atoms with van der Waals surface area (Å²) in [6, 6.07) is 5.63. The number of benzene rings is 1. The Balaban J connectivity index is 1.58. The van der Waals surface area contributed by atoms with Gasteiger partial charge in [-0.1, -0.05) is 29.3 Å². The highest BCUT2D eigenvalue weighted by atomic mass is 35.5. The molecular weight excluding hydrogens is 467 g/mol. The maximum Gasteiger partial charge on any atom is 0.229 e. The highest BCUT2D eigenvalue weighted by Crippen LogP contribution is 2.28. The summed E-state index contributed by atoms with van der Waals surface area (Å²) in [5.74, 6) is -0.519. The third-order valence-electron chi connectivity index (χ3n) is 4.41. The zero-order chi connectivity index (χ0) is 21.7. The average molecular weight is 489 g/mol. The van der Waals surface area contributed by atoms with Gasteiger partial charge >= 0.3 is 0 Å². The molecule has 11 heteroatoms. The molecule has 3 rings (SSSR count). The molecular formula is C19H22Cl2N4O3S2. The van der Waals surface area contributed by atoms with Crippen LogP contribution in [0, 0.1) is 0 Å². The molecule has 1 saturated heterocycles. The molecule has 0 radical (unpaired) electrons. The summed E-state index contributed by atoms with van der Waals surface area (Å²) in [6.07, 6.45) is -0.0324. The van der Waals surface area contributed by atoms with Crippen LogP contribution in [-0.2, 0) is 27.3 Å². The Kier molecular flexibility index (Phi) is 8.38. The number of primary amides is 1. The molecule has 0 bridgehead atoms. The van der Waals surface area contributed by atoms with Crippen LogP contribution in [0.4, 0.5) is 0 Å². The number of carbonyl (C=O) groups is 2. The minimum atomic E-state index is -0.432. The lowest BCUT2D eigenvalue weighted by Crippen LogP contribution is -2.46. The number of carbonyl (C=O) groups excluding carboxylic acids is 2. The SMILES string of the molecule is CC(=O)N(C[C@@H]1CN(Cc2ccc(Cl)c(Cl)c2)CCO1)Sc1nc(CC(N)=O)cs1. The maximum absolute atomic E-state index is 12.2. The van der Waals surface area contributed by atoms with Crippen molar-refractivity contribution in [3.05, 3.63) is 44.9 Å². The second-order valence-electron chi connectivity index (χ2n) is 6.90. The smallest absolute Gasteiger partial charge is 0.229 e. The van der Waals surface area contributed by atoms with Gasteiger partial charge in [0.25, 0.3) is 0 Å². The van der Waals surface area contributed by atoms with Crippen LogP contribution in [0.25, 0.3) is 0 Å². The number of ether oxygens (including phenoxy) is 1. The Hall–Kier alpha value is -1.36. The van der Waals surface area contributed by atoms with Crippen LogP contribution < -0.4 is 5.73 Å². The molecule has 1 fully saturated rings.